The molecule has 0 amide bonds. The van der Waals surface area contributed by atoms with Gasteiger partial charge in [-0.05, 0) is 18.8 Å². The molecule has 1 rings (SSSR count). The van der Waals surface area contributed by atoms with E-state index in [0.29, 0.717) is 5.92 Å². The first kappa shape index (κ1) is 7.56. The van der Waals surface area contributed by atoms with E-state index < -0.39 is 5.54 Å². The second-order valence-electron chi connectivity index (χ2n) is 3.15. The van der Waals surface area contributed by atoms with Crippen molar-refractivity contribution < 1.29 is 0 Å². The molecule has 0 radical (unpaired) electrons. The number of nitrogens with two attached hydrogens (primary N) is 1. The Morgan fingerprint density at radius 3 is 2.90 bits per heavy atom. The molecule has 0 aromatic carbocycles. The third-order valence-electron chi connectivity index (χ3n) is 2.57. The van der Waals surface area contributed by atoms with Gasteiger partial charge < -0.3 is 5.73 Å². The minimum atomic E-state index is -0.491. The van der Waals surface area contributed by atoms with Crippen molar-refractivity contribution in [1.82, 2.24) is 0 Å². The fraction of sp³-hybridized carbons (Fsp3) is 0.875. The summed E-state index contributed by atoms with van der Waals surface area (Å²) in [7, 11) is 0. The van der Waals surface area contributed by atoms with Gasteiger partial charge in [-0.15, -0.1) is 0 Å². The van der Waals surface area contributed by atoms with Crippen LogP contribution in [-0.2, 0) is 0 Å². The molecule has 2 nitrogen and oxygen atoms in total. The van der Waals surface area contributed by atoms with Crippen molar-refractivity contribution in [1.29, 1.82) is 5.26 Å². The van der Waals surface area contributed by atoms with Crippen LogP contribution in [0.3, 0.4) is 0 Å². The lowest BCUT2D eigenvalue weighted by Gasteiger charge is -2.21. The molecule has 10 heavy (non-hydrogen) atoms. The highest BCUT2D eigenvalue weighted by Gasteiger charge is 2.38. The van der Waals surface area contributed by atoms with Gasteiger partial charge in [0.2, 0.25) is 0 Å². The molecule has 0 aliphatic heterocycles. The summed E-state index contributed by atoms with van der Waals surface area (Å²) >= 11 is 0. The molecule has 0 saturated heterocycles. The molecule has 0 spiro atoms. The number of hydrogen-bond donors (Lipinski definition) is 1. The van der Waals surface area contributed by atoms with Crippen molar-refractivity contribution >= 4 is 0 Å². The average molecular weight is 138 g/mol. The second kappa shape index (κ2) is 2.59. The summed E-state index contributed by atoms with van der Waals surface area (Å²) in [6.07, 6.45) is 4.20. The topological polar surface area (TPSA) is 49.8 Å². The molecule has 2 heteroatoms. The Kier molecular flexibility index (Phi) is 1.96. The molecule has 56 valence electrons. The zero-order valence-electron chi connectivity index (χ0n) is 6.43. The Morgan fingerprint density at radius 1 is 1.80 bits per heavy atom. The van der Waals surface area contributed by atoms with E-state index in [1.807, 2.05) is 0 Å². The molecule has 2 N–H and O–H groups in total. The quantitative estimate of drug-likeness (QED) is 0.595. The third-order valence-corrected chi connectivity index (χ3v) is 2.57. The fourth-order valence-electron chi connectivity index (χ4n) is 1.82. The van der Waals surface area contributed by atoms with Crippen molar-refractivity contribution in [2.75, 3.05) is 0 Å². The molecule has 1 saturated carbocycles. The molecule has 1 fully saturated rings. The van der Waals surface area contributed by atoms with E-state index in [-0.39, 0.29) is 0 Å². The van der Waals surface area contributed by atoms with Crippen molar-refractivity contribution in [2.45, 2.75) is 38.1 Å². The summed E-state index contributed by atoms with van der Waals surface area (Å²) in [5, 5.41) is 8.75. The van der Waals surface area contributed by atoms with Gasteiger partial charge in [0.25, 0.3) is 0 Å². The molecule has 1 aliphatic carbocycles. The zero-order valence-corrected chi connectivity index (χ0v) is 6.43. The lowest BCUT2D eigenvalue weighted by atomic mass is 9.88. The van der Waals surface area contributed by atoms with Gasteiger partial charge in [0, 0.05) is 0 Å². The molecule has 0 heterocycles. The minimum absolute atomic E-state index is 0.442. The first-order valence-electron chi connectivity index (χ1n) is 3.93. The Hall–Kier alpha value is -0.550. The maximum Gasteiger partial charge on any atom is 0.107 e. The van der Waals surface area contributed by atoms with Crippen LogP contribution >= 0.6 is 0 Å². The normalized spacial score (nSPS) is 39.5. The molecule has 0 aromatic heterocycles. The van der Waals surface area contributed by atoms with E-state index >= 15 is 0 Å². The summed E-state index contributed by atoms with van der Waals surface area (Å²) in [5.41, 5.74) is 5.36. The summed E-state index contributed by atoms with van der Waals surface area (Å²) < 4.78 is 0. The largest absolute Gasteiger partial charge is 0.313 e. The summed E-state index contributed by atoms with van der Waals surface area (Å²) in [6.45, 7) is 2.11. The van der Waals surface area contributed by atoms with Crippen LogP contribution in [0, 0.1) is 17.2 Å². The summed E-state index contributed by atoms with van der Waals surface area (Å²) in [4.78, 5) is 0. The van der Waals surface area contributed by atoms with Gasteiger partial charge in [-0.1, -0.05) is 19.8 Å². The van der Waals surface area contributed by atoms with Gasteiger partial charge >= 0.3 is 0 Å². The Morgan fingerprint density at radius 2 is 2.50 bits per heavy atom. The Balaban J connectivity index is 2.68. The van der Waals surface area contributed by atoms with Crippen LogP contribution in [0.4, 0.5) is 0 Å². The first-order chi connectivity index (χ1) is 4.73. The lowest BCUT2D eigenvalue weighted by molar-refractivity contribution is 0.386. The predicted octanol–water partition coefficient (Wildman–Crippen LogP) is 1.42. The van der Waals surface area contributed by atoms with E-state index in [1.54, 1.807) is 0 Å². The van der Waals surface area contributed by atoms with Crippen LogP contribution in [0.2, 0.25) is 0 Å². The van der Waals surface area contributed by atoms with Gasteiger partial charge in [-0.2, -0.15) is 5.26 Å². The highest BCUT2D eigenvalue weighted by Crippen LogP contribution is 2.34. The molecule has 2 unspecified atom stereocenters. The van der Waals surface area contributed by atoms with E-state index in [9.17, 15) is 0 Å². The highest BCUT2D eigenvalue weighted by molar-refractivity contribution is 5.11. The smallest absolute Gasteiger partial charge is 0.107 e. The standard InChI is InChI=1S/C8H14N2/c1-2-7-4-3-5-8(7,10)6-9/h7H,2-5,10H2,1H3. The Bertz CT molecular complexity index is 159. The lowest BCUT2D eigenvalue weighted by Crippen LogP contribution is -2.41. The number of rotatable bonds is 1. The van der Waals surface area contributed by atoms with E-state index in [2.05, 4.69) is 13.0 Å². The monoisotopic (exact) mass is 138 g/mol. The third kappa shape index (κ3) is 1.02. The maximum absolute atomic E-state index is 8.75. The number of hydrogen-bond acceptors (Lipinski definition) is 2. The van der Waals surface area contributed by atoms with Crippen LogP contribution in [0.15, 0.2) is 0 Å². The first-order valence-corrected chi connectivity index (χ1v) is 3.93. The summed E-state index contributed by atoms with van der Waals surface area (Å²) in [5.74, 6) is 0.442. The minimum Gasteiger partial charge on any atom is -0.313 e. The second-order valence-corrected chi connectivity index (χ2v) is 3.15. The predicted molar refractivity (Wildman–Crippen MR) is 40.2 cm³/mol. The SMILES string of the molecule is CCC1CCCC1(N)C#N. The van der Waals surface area contributed by atoms with Gasteiger partial charge in [-0.3, -0.25) is 0 Å². The van der Waals surface area contributed by atoms with E-state index in [0.717, 1.165) is 25.7 Å². The molecule has 0 aromatic rings. The van der Waals surface area contributed by atoms with Gasteiger partial charge in [-0.25, -0.2) is 0 Å². The van der Waals surface area contributed by atoms with E-state index in [1.165, 1.54) is 0 Å². The van der Waals surface area contributed by atoms with E-state index in [4.69, 9.17) is 11.0 Å². The van der Waals surface area contributed by atoms with Crippen LogP contribution in [0.25, 0.3) is 0 Å². The molecule has 1 aliphatic rings. The summed E-state index contributed by atoms with van der Waals surface area (Å²) in [6, 6.07) is 2.22. The van der Waals surface area contributed by atoms with Crippen molar-refractivity contribution in [2.24, 2.45) is 11.7 Å². The highest BCUT2D eigenvalue weighted by atomic mass is 14.8. The van der Waals surface area contributed by atoms with Crippen LogP contribution in [0.5, 0.6) is 0 Å². The van der Waals surface area contributed by atoms with Crippen molar-refractivity contribution in [3.05, 3.63) is 0 Å². The fourth-order valence-corrected chi connectivity index (χ4v) is 1.82. The molecule has 2 atom stereocenters. The van der Waals surface area contributed by atoms with Crippen molar-refractivity contribution in [3.8, 4) is 6.07 Å². The van der Waals surface area contributed by atoms with Gasteiger partial charge in [0.1, 0.15) is 5.54 Å². The van der Waals surface area contributed by atoms with Crippen LogP contribution < -0.4 is 5.73 Å². The van der Waals surface area contributed by atoms with Gasteiger partial charge in [0.05, 0.1) is 6.07 Å². The molecule has 0 bridgehead atoms. The number of nitrogens with zero attached hydrogens (tertiary/aromatic N) is 1. The maximum atomic E-state index is 8.75. The molecular formula is C8H14N2. The Labute approximate surface area is 62.0 Å². The average Bonchev–Trinajstić information content (AvgIpc) is 2.32. The van der Waals surface area contributed by atoms with Gasteiger partial charge in [0.15, 0.2) is 0 Å². The molecular weight excluding hydrogens is 124 g/mol. The van der Waals surface area contributed by atoms with Crippen LogP contribution in [0.1, 0.15) is 32.6 Å². The van der Waals surface area contributed by atoms with Crippen LogP contribution in [-0.4, -0.2) is 5.54 Å². The number of nitriles is 1. The zero-order chi connectivity index (χ0) is 7.61. The van der Waals surface area contributed by atoms with Crippen molar-refractivity contribution in [3.63, 3.8) is 0 Å².